The lowest BCUT2D eigenvalue weighted by Gasteiger charge is -2.09. The fourth-order valence-electron chi connectivity index (χ4n) is 2.92. The Balaban J connectivity index is 1.61. The molecule has 0 bridgehead atoms. The van der Waals surface area contributed by atoms with E-state index in [1.165, 1.54) is 29.5 Å². The predicted molar refractivity (Wildman–Crippen MR) is 115 cm³/mol. The molecule has 2 heterocycles. The first-order valence-corrected chi connectivity index (χ1v) is 12.0. The van der Waals surface area contributed by atoms with Crippen molar-refractivity contribution in [2.45, 2.75) is 18.8 Å². The third-order valence-corrected chi connectivity index (χ3v) is 6.37. The van der Waals surface area contributed by atoms with Gasteiger partial charge in [-0.05, 0) is 43.0 Å². The van der Waals surface area contributed by atoms with Gasteiger partial charge in [-0.25, -0.2) is 22.8 Å². The minimum Gasteiger partial charge on any atom is -0.321 e. The van der Waals surface area contributed by atoms with Gasteiger partial charge in [0.2, 0.25) is 10.0 Å². The average molecular weight is 467 g/mol. The molecule has 0 radical (unpaired) electrons. The van der Waals surface area contributed by atoms with E-state index in [-0.39, 0.29) is 16.6 Å². The Morgan fingerprint density at radius 3 is 2.47 bits per heavy atom. The van der Waals surface area contributed by atoms with Crippen LogP contribution in [0.25, 0.3) is 11.4 Å². The molecular weight excluding hydrogens is 451 g/mol. The fraction of sp³-hybridized carbons (Fsp3) is 0.211. The van der Waals surface area contributed by atoms with Crippen LogP contribution in [0.2, 0.25) is 5.02 Å². The number of benzene rings is 1. The zero-order valence-electron chi connectivity index (χ0n) is 15.6. The normalized spacial score (nSPS) is 13.8. The summed E-state index contributed by atoms with van der Waals surface area (Å²) in [5.41, 5.74) is 1.31. The average Bonchev–Trinajstić information content (AvgIpc) is 3.39. The Labute approximate surface area is 181 Å². The number of halogens is 2. The van der Waals surface area contributed by atoms with E-state index < -0.39 is 15.8 Å². The van der Waals surface area contributed by atoms with Gasteiger partial charge in [0.05, 0.1) is 29.2 Å². The second-order valence-electron chi connectivity index (χ2n) is 6.94. The lowest BCUT2D eigenvalue weighted by atomic mass is 10.1. The molecule has 0 saturated heterocycles. The molecule has 4 rings (SSSR count). The highest BCUT2D eigenvalue weighted by molar-refractivity contribution is 7.92. The molecule has 3 aromatic rings. The van der Waals surface area contributed by atoms with E-state index in [4.69, 9.17) is 11.6 Å². The van der Waals surface area contributed by atoms with Crippen molar-refractivity contribution in [3.05, 3.63) is 57.3 Å². The number of rotatable bonds is 6. The van der Waals surface area contributed by atoms with Crippen LogP contribution >= 0.6 is 22.9 Å². The van der Waals surface area contributed by atoms with Crippen molar-refractivity contribution < 1.29 is 17.6 Å². The van der Waals surface area contributed by atoms with Crippen LogP contribution in [0.4, 0.5) is 15.8 Å². The molecule has 2 N–H and O–H groups in total. The highest BCUT2D eigenvalue weighted by atomic mass is 35.5. The molecule has 1 saturated carbocycles. The molecule has 1 amide bonds. The first kappa shape index (κ1) is 20.7. The van der Waals surface area contributed by atoms with Gasteiger partial charge >= 0.3 is 0 Å². The van der Waals surface area contributed by atoms with Crippen molar-refractivity contribution in [2.24, 2.45) is 0 Å². The third kappa shape index (κ3) is 4.94. The summed E-state index contributed by atoms with van der Waals surface area (Å²) in [4.78, 5) is 22.4. The lowest BCUT2D eigenvalue weighted by molar-refractivity contribution is 0.103. The first-order valence-electron chi connectivity index (χ1n) is 8.89. The second kappa shape index (κ2) is 7.93. The van der Waals surface area contributed by atoms with E-state index in [9.17, 15) is 17.6 Å². The summed E-state index contributed by atoms with van der Waals surface area (Å²) in [6.45, 7) is 0. The van der Waals surface area contributed by atoms with Gasteiger partial charge < -0.3 is 5.32 Å². The Hall–Kier alpha value is -2.56. The van der Waals surface area contributed by atoms with Crippen LogP contribution in [0.3, 0.4) is 0 Å². The highest BCUT2D eigenvalue weighted by Crippen LogP contribution is 2.48. The van der Waals surface area contributed by atoms with Crippen molar-refractivity contribution >= 4 is 50.2 Å². The number of anilines is 2. The SMILES string of the molecule is CS(=O)(=O)Nc1cc(Cl)cc(NC(=O)c2cc(-c3ncc(F)cn3)c(C3CC3)s2)c1. The maximum Gasteiger partial charge on any atom is 0.265 e. The van der Waals surface area contributed by atoms with E-state index in [1.54, 1.807) is 6.07 Å². The number of hydrogen-bond donors (Lipinski definition) is 2. The van der Waals surface area contributed by atoms with Gasteiger partial charge in [0.25, 0.3) is 5.91 Å². The van der Waals surface area contributed by atoms with Crippen molar-refractivity contribution in [1.82, 2.24) is 9.97 Å². The molecule has 7 nitrogen and oxygen atoms in total. The topological polar surface area (TPSA) is 101 Å². The predicted octanol–water partition coefficient (Wildman–Crippen LogP) is 4.50. The zero-order chi connectivity index (χ0) is 21.5. The molecule has 1 aliphatic carbocycles. The summed E-state index contributed by atoms with van der Waals surface area (Å²) in [6.07, 6.45) is 5.25. The Morgan fingerprint density at radius 1 is 1.17 bits per heavy atom. The fourth-order valence-corrected chi connectivity index (χ4v) is 4.92. The number of sulfonamides is 1. The second-order valence-corrected chi connectivity index (χ2v) is 10.2. The number of hydrogen-bond acceptors (Lipinski definition) is 6. The summed E-state index contributed by atoms with van der Waals surface area (Å²) >= 11 is 7.39. The van der Waals surface area contributed by atoms with Crippen LogP contribution in [0.15, 0.2) is 36.7 Å². The molecule has 0 atom stereocenters. The molecule has 156 valence electrons. The van der Waals surface area contributed by atoms with Crippen LogP contribution in [-0.4, -0.2) is 30.5 Å². The summed E-state index contributed by atoms with van der Waals surface area (Å²) in [5.74, 6) is -0.185. The highest BCUT2D eigenvalue weighted by Gasteiger charge is 2.30. The molecule has 0 aliphatic heterocycles. The number of carbonyl (C=O) groups excluding carboxylic acids is 1. The molecule has 1 fully saturated rings. The molecule has 1 aromatic carbocycles. The summed E-state index contributed by atoms with van der Waals surface area (Å²) in [5, 5.41) is 3.00. The zero-order valence-corrected chi connectivity index (χ0v) is 18.0. The van der Waals surface area contributed by atoms with Crippen molar-refractivity contribution in [1.29, 1.82) is 0 Å². The van der Waals surface area contributed by atoms with E-state index in [2.05, 4.69) is 20.0 Å². The van der Waals surface area contributed by atoms with Gasteiger partial charge in [-0.2, -0.15) is 0 Å². The number of thiophene rings is 1. The van der Waals surface area contributed by atoms with E-state index in [1.807, 2.05) is 0 Å². The van der Waals surface area contributed by atoms with Crippen LogP contribution in [-0.2, 0) is 10.0 Å². The van der Waals surface area contributed by atoms with Crippen LogP contribution in [0, 0.1) is 5.82 Å². The van der Waals surface area contributed by atoms with Crippen LogP contribution in [0.1, 0.15) is 33.3 Å². The number of nitrogens with zero attached hydrogens (tertiary/aromatic N) is 2. The van der Waals surface area contributed by atoms with Gasteiger partial charge in [0, 0.05) is 21.2 Å². The van der Waals surface area contributed by atoms with Crippen molar-refractivity contribution in [2.75, 3.05) is 16.3 Å². The van der Waals surface area contributed by atoms with Gasteiger partial charge in [0.1, 0.15) is 0 Å². The maximum atomic E-state index is 13.2. The number of aromatic nitrogens is 2. The van der Waals surface area contributed by atoms with Gasteiger partial charge in [0.15, 0.2) is 11.6 Å². The smallest absolute Gasteiger partial charge is 0.265 e. The monoisotopic (exact) mass is 466 g/mol. The van der Waals surface area contributed by atoms with E-state index >= 15 is 0 Å². The van der Waals surface area contributed by atoms with Gasteiger partial charge in [-0.1, -0.05) is 11.6 Å². The minimum absolute atomic E-state index is 0.241. The number of amides is 1. The molecule has 1 aliphatic rings. The van der Waals surface area contributed by atoms with Crippen LogP contribution < -0.4 is 10.0 Å². The van der Waals surface area contributed by atoms with Gasteiger partial charge in [-0.15, -0.1) is 11.3 Å². The molecule has 11 heteroatoms. The van der Waals surface area contributed by atoms with Gasteiger partial charge in [-0.3, -0.25) is 9.52 Å². The quantitative estimate of drug-likeness (QED) is 0.557. The molecule has 2 aromatic heterocycles. The molecule has 30 heavy (non-hydrogen) atoms. The summed E-state index contributed by atoms with van der Waals surface area (Å²) in [7, 11) is -3.49. The Bertz CT molecular complexity index is 1230. The first-order chi connectivity index (χ1) is 14.2. The molecule has 0 unspecified atom stereocenters. The number of nitrogens with one attached hydrogen (secondary N) is 2. The number of carbonyl (C=O) groups is 1. The molecular formula is C19H16ClFN4O3S2. The summed E-state index contributed by atoms with van der Waals surface area (Å²) in [6, 6.07) is 6.14. The minimum atomic E-state index is -3.49. The third-order valence-electron chi connectivity index (χ3n) is 4.25. The largest absolute Gasteiger partial charge is 0.321 e. The van der Waals surface area contributed by atoms with Crippen molar-refractivity contribution in [3.8, 4) is 11.4 Å². The summed E-state index contributed by atoms with van der Waals surface area (Å²) < 4.78 is 38.4. The Morgan fingerprint density at radius 2 is 1.83 bits per heavy atom. The molecule has 0 spiro atoms. The standard InChI is InChI=1S/C19H16ClFN4O3S2/c1-30(27,28)25-14-5-11(20)4-13(6-14)24-19(26)16-7-15(17(29-16)10-2-3-10)18-22-8-12(21)9-23-18/h4-10,25H,2-3H2,1H3,(H,24,26). The van der Waals surface area contributed by atoms with E-state index in [0.717, 1.165) is 41.9 Å². The van der Waals surface area contributed by atoms with Crippen LogP contribution in [0.5, 0.6) is 0 Å². The van der Waals surface area contributed by atoms with Crippen molar-refractivity contribution in [3.63, 3.8) is 0 Å². The lowest BCUT2D eigenvalue weighted by Crippen LogP contribution is -2.12. The Kier molecular flexibility index (Phi) is 5.48. The maximum absolute atomic E-state index is 13.2. The van der Waals surface area contributed by atoms with E-state index in [0.29, 0.717) is 22.3 Å².